The second kappa shape index (κ2) is 8.91. The number of nitriles is 1. The van der Waals surface area contributed by atoms with Crippen molar-refractivity contribution in [1.82, 2.24) is 0 Å². The third-order valence-electron chi connectivity index (χ3n) is 3.99. The van der Waals surface area contributed by atoms with E-state index in [0.29, 0.717) is 5.56 Å². The first-order valence-corrected chi connectivity index (χ1v) is 9.73. The minimum atomic E-state index is -1.90. The molecule has 7 nitrogen and oxygen atoms in total. The van der Waals surface area contributed by atoms with Crippen LogP contribution in [0.5, 0.6) is 5.75 Å². The van der Waals surface area contributed by atoms with Crippen LogP contribution in [-0.2, 0) is 15.6 Å². The van der Waals surface area contributed by atoms with Gasteiger partial charge in [0.2, 0.25) is 0 Å². The molecule has 0 aliphatic rings. The SMILES string of the molecule is N#Cc1ccc(-c2ccc(OC(=O)C[S@@](=O)c3ccccc3[N+](=O)[O-])cc2)cc1. The number of hydrogen-bond acceptors (Lipinski definition) is 6. The van der Waals surface area contributed by atoms with Crippen LogP contribution in [0.25, 0.3) is 11.1 Å². The van der Waals surface area contributed by atoms with E-state index in [2.05, 4.69) is 6.07 Å². The van der Waals surface area contributed by atoms with Gasteiger partial charge in [0.25, 0.3) is 5.69 Å². The molecule has 3 aromatic carbocycles. The summed E-state index contributed by atoms with van der Waals surface area (Å²) in [6.07, 6.45) is 0. The van der Waals surface area contributed by atoms with Gasteiger partial charge in [-0.3, -0.25) is 19.1 Å². The van der Waals surface area contributed by atoms with E-state index in [-0.39, 0.29) is 16.3 Å². The lowest BCUT2D eigenvalue weighted by molar-refractivity contribution is -0.387. The average molecular weight is 406 g/mol. The zero-order valence-electron chi connectivity index (χ0n) is 15.0. The highest BCUT2D eigenvalue weighted by Gasteiger charge is 2.21. The van der Waals surface area contributed by atoms with Crippen molar-refractivity contribution in [1.29, 1.82) is 5.26 Å². The molecule has 0 aromatic heterocycles. The van der Waals surface area contributed by atoms with Crippen LogP contribution in [-0.4, -0.2) is 20.9 Å². The second-order valence-electron chi connectivity index (χ2n) is 5.90. The van der Waals surface area contributed by atoms with Crippen LogP contribution in [0.3, 0.4) is 0 Å². The molecule has 0 aliphatic heterocycles. The first kappa shape index (κ1) is 19.9. The number of hydrogen-bond donors (Lipinski definition) is 0. The van der Waals surface area contributed by atoms with E-state index in [9.17, 15) is 19.1 Å². The van der Waals surface area contributed by atoms with Crippen LogP contribution < -0.4 is 4.74 Å². The van der Waals surface area contributed by atoms with Gasteiger partial charge in [0.05, 0.1) is 27.4 Å². The molecule has 1 atom stereocenters. The molecule has 0 aliphatic carbocycles. The summed E-state index contributed by atoms with van der Waals surface area (Å²) in [6, 6.07) is 21.4. The Morgan fingerprint density at radius 2 is 1.59 bits per heavy atom. The van der Waals surface area contributed by atoms with Crippen LogP contribution in [0.2, 0.25) is 0 Å². The van der Waals surface area contributed by atoms with Crippen molar-refractivity contribution in [2.75, 3.05) is 5.75 Å². The zero-order valence-corrected chi connectivity index (χ0v) is 15.8. The number of benzene rings is 3. The van der Waals surface area contributed by atoms with Crippen LogP contribution in [0.1, 0.15) is 5.56 Å². The number of carbonyl (C=O) groups is 1. The Balaban J connectivity index is 1.66. The van der Waals surface area contributed by atoms with Crippen molar-refractivity contribution in [3.8, 4) is 22.9 Å². The fraction of sp³-hybridized carbons (Fsp3) is 0.0476. The molecular formula is C21H14N2O5S. The van der Waals surface area contributed by atoms with Crippen LogP contribution >= 0.6 is 0 Å². The third kappa shape index (κ3) is 4.91. The summed E-state index contributed by atoms with van der Waals surface area (Å²) in [4.78, 5) is 22.5. The number of rotatable bonds is 6. The fourth-order valence-corrected chi connectivity index (χ4v) is 3.63. The summed E-state index contributed by atoms with van der Waals surface area (Å²) in [5.74, 6) is -0.984. The van der Waals surface area contributed by atoms with Crippen molar-refractivity contribution < 1.29 is 18.7 Å². The lowest BCUT2D eigenvalue weighted by Gasteiger charge is -2.07. The Labute approximate surface area is 168 Å². The van der Waals surface area contributed by atoms with Crippen LogP contribution in [0.15, 0.2) is 77.7 Å². The van der Waals surface area contributed by atoms with Gasteiger partial charge in [0.15, 0.2) is 0 Å². The summed E-state index contributed by atoms with van der Waals surface area (Å²) < 4.78 is 17.5. The number of esters is 1. The van der Waals surface area contributed by atoms with Crippen molar-refractivity contribution in [2.24, 2.45) is 0 Å². The number of para-hydroxylation sites is 1. The molecule has 0 saturated carbocycles. The summed E-state index contributed by atoms with van der Waals surface area (Å²) in [5.41, 5.74) is 2.04. The first-order valence-electron chi connectivity index (χ1n) is 8.41. The molecule has 0 radical (unpaired) electrons. The number of nitro groups is 1. The monoisotopic (exact) mass is 406 g/mol. The smallest absolute Gasteiger partial charge is 0.324 e. The Bertz CT molecular complexity index is 1120. The predicted octanol–water partition coefficient (Wildman–Crippen LogP) is 3.85. The largest absolute Gasteiger partial charge is 0.426 e. The van der Waals surface area contributed by atoms with E-state index in [1.54, 1.807) is 36.4 Å². The van der Waals surface area contributed by atoms with E-state index in [4.69, 9.17) is 10.00 Å². The highest BCUT2D eigenvalue weighted by Crippen LogP contribution is 2.24. The molecular weight excluding hydrogens is 392 g/mol. The van der Waals surface area contributed by atoms with Gasteiger partial charge in [-0.25, -0.2) is 0 Å². The van der Waals surface area contributed by atoms with Crippen molar-refractivity contribution >= 4 is 22.5 Å². The van der Waals surface area contributed by atoms with E-state index in [0.717, 1.165) is 11.1 Å². The number of nitrogens with zero attached hydrogens (tertiary/aromatic N) is 2. The van der Waals surface area contributed by atoms with Gasteiger partial charge in [-0.05, 0) is 41.5 Å². The summed E-state index contributed by atoms with van der Waals surface area (Å²) in [5, 5.41) is 19.9. The average Bonchev–Trinajstić information content (AvgIpc) is 2.74. The minimum absolute atomic E-state index is 0.0226. The maximum atomic E-state index is 12.3. The topological polar surface area (TPSA) is 110 Å². The molecule has 3 rings (SSSR count). The molecule has 0 spiro atoms. The Morgan fingerprint density at radius 3 is 2.17 bits per heavy atom. The van der Waals surface area contributed by atoms with Gasteiger partial charge in [0, 0.05) is 6.07 Å². The van der Waals surface area contributed by atoms with Gasteiger partial charge < -0.3 is 4.74 Å². The van der Waals surface area contributed by atoms with Crippen LogP contribution in [0.4, 0.5) is 5.69 Å². The summed E-state index contributed by atoms with van der Waals surface area (Å²) >= 11 is 0. The van der Waals surface area contributed by atoms with Gasteiger partial charge in [-0.2, -0.15) is 5.26 Å². The molecule has 8 heteroatoms. The Hall–Kier alpha value is -3.83. The van der Waals surface area contributed by atoms with E-state index in [1.165, 1.54) is 24.3 Å². The Kier molecular flexibility index (Phi) is 6.12. The van der Waals surface area contributed by atoms with Gasteiger partial charge >= 0.3 is 5.97 Å². The molecule has 0 fully saturated rings. The fourth-order valence-electron chi connectivity index (χ4n) is 2.60. The van der Waals surface area contributed by atoms with E-state index >= 15 is 0 Å². The van der Waals surface area contributed by atoms with E-state index in [1.807, 2.05) is 12.1 Å². The van der Waals surface area contributed by atoms with Crippen molar-refractivity contribution in [3.63, 3.8) is 0 Å². The maximum Gasteiger partial charge on any atom is 0.324 e. The highest BCUT2D eigenvalue weighted by molar-refractivity contribution is 7.85. The second-order valence-corrected chi connectivity index (χ2v) is 7.32. The zero-order chi connectivity index (χ0) is 20.8. The van der Waals surface area contributed by atoms with Gasteiger partial charge in [0.1, 0.15) is 16.4 Å². The molecule has 0 unspecified atom stereocenters. The third-order valence-corrected chi connectivity index (χ3v) is 5.32. The number of nitro benzene ring substituents is 1. The van der Waals surface area contributed by atoms with Gasteiger partial charge in [-0.1, -0.05) is 36.4 Å². The molecule has 29 heavy (non-hydrogen) atoms. The standard InChI is InChI=1S/C21H14N2O5S/c22-13-15-5-7-16(8-6-15)17-9-11-18(12-10-17)28-21(24)14-29(27)20-4-2-1-3-19(20)23(25)26/h1-12H,14H2/t29-/m1/s1. The molecule has 144 valence electrons. The van der Waals surface area contributed by atoms with Gasteiger partial charge in [-0.15, -0.1) is 0 Å². The predicted molar refractivity (Wildman–Crippen MR) is 107 cm³/mol. The quantitative estimate of drug-likeness (QED) is 0.266. The number of carbonyl (C=O) groups excluding carboxylic acids is 1. The minimum Gasteiger partial charge on any atom is -0.426 e. The summed E-state index contributed by atoms with van der Waals surface area (Å²) in [7, 11) is -1.90. The molecule has 0 saturated heterocycles. The maximum absolute atomic E-state index is 12.3. The summed E-state index contributed by atoms with van der Waals surface area (Å²) in [6.45, 7) is 0. The molecule has 0 bridgehead atoms. The van der Waals surface area contributed by atoms with Crippen LogP contribution in [0, 0.1) is 21.4 Å². The number of ether oxygens (including phenoxy) is 1. The van der Waals surface area contributed by atoms with E-state index < -0.39 is 27.4 Å². The first-order chi connectivity index (χ1) is 14.0. The molecule has 3 aromatic rings. The lowest BCUT2D eigenvalue weighted by atomic mass is 10.0. The Morgan fingerprint density at radius 1 is 1.00 bits per heavy atom. The highest BCUT2D eigenvalue weighted by atomic mass is 32.2. The van der Waals surface area contributed by atoms with Crippen molar-refractivity contribution in [3.05, 3.63) is 88.5 Å². The molecule has 0 N–H and O–H groups in total. The molecule has 0 amide bonds. The van der Waals surface area contributed by atoms with Crippen molar-refractivity contribution in [2.45, 2.75) is 4.90 Å². The lowest BCUT2D eigenvalue weighted by Crippen LogP contribution is -2.17. The molecule has 0 heterocycles. The normalized spacial score (nSPS) is 11.3.